The Kier molecular flexibility index (Phi) is 5.75. The summed E-state index contributed by atoms with van der Waals surface area (Å²) in [5.74, 6) is 0. The largest absolute Gasteiger partial charge is 0.253 e. The Morgan fingerprint density at radius 2 is 1.21 bits per heavy atom. The average Bonchev–Trinajstić information content (AvgIpc) is 2.66. The van der Waals surface area contributed by atoms with Crippen LogP contribution in [-0.4, -0.2) is 4.98 Å². The molecular weight excluding hydrogens is 358 g/mol. The summed E-state index contributed by atoms with van der Waals surface area (Å²) in [6.45, 7) is 0. The van der Waals surface area contributed by atoms with E-state index in [1.807, 2.05) is 42.5 Å². The molecular formula is C22H18BrN. The van der Waals surface area contributed by atoms with Gasteiger partial charge in [0.2, 0.25) is 0 Å². The first-order valence-electron chi connectivity index (χ1n) is 7.87. The van der Waals surface area contributed by atoms with E-state index in [9.17, 15) is 0 Å². The van der Waals surface area contributed by atoms with Crippen molar-refractivity contribution in [3.63, 3.8) is 0 Å². The maximum absolute atomic E-state index is 4.54. The standard InChI is InChI=1S/C22H18BrN/c23-17-22-8-4-7-21(24-22)16-15-20-13-11-19(12-14-20)10-9-18-5-2-1-3-6-18/h1-16H,17H2. The Bertz CT molecular complexity index is 833. The molecule has 0 atom stereocenters. The highest BCUT2D eigenvalue weighted by Gasteiger charge is 1.94. The smallest absolute Gasteiger partial charge is 0.0633 e. The zero-order chi connectivity index (χ0) is 16.6. The summed E-state index contributed by atoms with van der Waals surface area (Å²) >= 11 is 3.43. The number of hydrogen-bond acceptors (Lipinski definition) is 1. The lowest BCUT2D eigenvalue weighted by Crippen LogP contribution is -1.86. The predicted molar refractivity (Wildman–Crippen MR) is 108 cm³/mol. The minimum Gasteiger partial charge on any atom is -0.253 e. The Labute approximate surface area is 151 Å². The van der Waals surface area contributed by atoms with Gasteiger partial charge in [0.25, 0.3) is 0 Å². The van der Waals surface area contributed by atoms with Crippen LogP contribution in [0.3, 0.4) is 0 Å². The molecule has 0 fully saturated rings. The number of hydrogen-bond donors (Lipinski definition) is 0. The van der Waals surface area contributed by atoms with Crippen LogP contribution >= 0.6 is 15.9 Å². The van der Waals surface area contributed by atoms with Gasteiger partial charge in [-0.3, -0.25) is 4.98 Å². The summed E-state index contributed by atoms with van der Waals surface area (Å²) in [5.41, 5.74) is 5.58. The number of rotatable bonds is 5. The van der Waals surface area contributed by atoms with Gasteiger partial charge in [0.05, 0.1) is 11.4 Å². The molecule has 0 spiro atoms. The van der Waals surface area contributed by atoms with Gasteiger partial charge in [0, 0.05) is 5.33 Å². The molecule has 1 aromatic heterocycles. The molecule has 0 aliphatic rings. The van der Waals surface area contributed by atoms with Gasteiger partial charge >= 0.3 is 0 Å². The van der Waals surface area contributed by atoms with Gasteiger partial charge in [-0.15, -0.1) is 0 Å². The number of pyridine rings is 1. The summed E-state index contributed by atoms with van der Waals surface area (Å²) in [6, 6.07) is 24.9. The van der Waals surface area contributed by atoms with Gasteiger partial charge < -0.3 is 0 Å². The van der Waals surface area contributed by atoms with Gasteiger partial charge in [-0.2, -0.15) is 0 Å². The topological polar surface area (TPSA) is 12.9 Å². The van der Waals surface area contributed by atoms with Crippen LogP contribution in [0.2, 0.25) is 0 Å². The van der Waals surface area contributed by atoms with Crippen LogP contribution in [0, 0.1) is 0 Å². The molecule has 0 radical (unpaired) electrons. The number of aromatic nitrogens is 1. The molecule has 0 amide bonds. The maximum Gasteiger partial charge on any atom is 0.0633 e. The number of benzene rings is 2. The van der Waals surface area contributed by atoms with E-state index >= 15 is 0 Å². The number of nitrogens with zero attached hydrogens (tertiary/aromatic N) is 1. The van der Waals surface area contributed by atoms with E-state index in [1.54, 1.807) is 0 Å². The van der Waals surface area contributed by atoms with Crippen molar-refractivity contribution in [3.8, 4) is 0 Å². The molecule has 1 nitrogen and oxygen atoms in total. The molecule has 118 valence electrons. The monoisotopic (exact) mass is 375 g/mol. The molecule has 2 heteroatoms. The molecule has 0 aliphatic heterocycles. The van der Waals surface area contributed by atoms with Crippen molar-refractivity contribution < 1.29 is 0 Å². The molecule has 1 heterocycles. The highest BCUT2D eigenvalue weighted by molar-refractivity contribution is 9.08. The van der Waals surface area contributed by atoms with E-state index in [2.05, 4.69) is 75.5 Å². The average molecular weight is 376 g/mol. The molecule has 0 unspecified atom stereocenters. The van der Waals surface area contributed by atoms with Crippen LogP contribution in [0.4, 0.5) is 0 Å². The highest BCUT2D eigenvalue weighted by Crippen LogP contribution is 2.12. The third kappa shape index (κ3) is 4.77. The maximum atomic E-state index is 4.54. The van der Waals surface area contributed by atoms with Crippen LogP contribution in [-0.2, 0) is 5.33 Å². The first-order chi connectivity index (χ1) is 11.8. The minimum absolute atomic E-state index is 0.775. The van der Waals surface area contributed by atoms with Crippen molar-refractivity contribution in [2.45, 2.75) is 5.33 Å². The third-order valence-corrected chi connectivity index (χ3v) is 4.19. The minimum atomic E-state index is 0.775. The highest BCUT2D eigenvalue weighted by atomic mass is 79.9. The van der Waals surface area contributed by atoms with E-state index in [0.29, 0.717) is 0 Å². The number of alkyl halides is 1. The van der Waals surface area contributed by atoms with Crippen LogP contribution in [0.25, 0.3) is 24.3 Å². The molecule has 0 aliphatic carbocycles. The Balaban J connectivity index is 1.68. The zero-order valence-electron chi connectivity index (χ0n) is 13.3. The van der Waals surface area contributed by atoms with Gasteiger partial charge in [-0.05, 0) is 34.9 Å². The fourth-order valence-electron chi connectivity index (χ4n) is 2.32. The van der Waals surface area contributed by atoms with Crippen LogP contribution < -0.4 is 0 Å². The summed E-state index contributed by atoms with van der Waals surface area (Å²) < 4.78 is 0. The third-order valence-electron chi connectivity index (χ3n) is 3.62. The number of halogens is 1. The zero-order valence-corrected chi connectivity index (χ0v) is 14.9. The summed E-state index contributed by atoms with van der Waals surface area (Å²) in [6.07, 6.45) is 8.39. The quantitative estimate of drug-likeness (QED) is 0.375. The molecule has 24 heavy (non-hydrogen) atoms. The van der Waals surface area contributed by atoms with Crippen molar-refractivity contribution in [2.75, 3.05) is 0 Å². The van der Waals surface area contributed by atoms with Crippen molar-refractivity contribution in [1.29, 1.82) is 0 Å². The van der Waals surface area contributed by atoms with E-state index in [1.165, 1.54) is 11.1 Å². The molecule has 0 N–H and O–H groups in total. The van der Waals surface area contributed by atoms with Gasteiger partial charge in [0.15, 0.2) is 0 Å². The Hall–Kier alpha value is -2.45. The van der Waals surface area contributed by atoms with Crippen LogP contribution in [0.5, 0.6) is 0 Å². The second-order valence-corrected chi connectivity index (χ2v) is 5.99. The second-order valence-electron chi connectivity index (χ2n) is 5.43. The van der Waals surface area contributed by atoms with E-state index < -0.39 is 0 Å². The van der Waals surface area contributed by atoms with Crippen LogP contribution in [0.15, 0.2) is 72.8 Å². The molecule has 3 rings (SSSR count). The normalized spacial score (nSPS) is 11.4. The van der Waals surface area contributed by atoms with Gasteiger partial charge in [-0.1, -0.05) is 94.8 Å². The molecule has 0 saturated heterocycles. The fraction of sp³-hybridized carbons (Fsp3) is 0.0455. The molecule has 2 aromatic carbocycles. The second kappa shape index (κ2) is 8.42. The van der Waals surface area contributed by atoms with Crippen molar-refractivity contribution in [3.05, 3.63) is 101 Å². The Morgan fingerprint density at radius 1 is 0.625 bits per heavy atom. The lowest BCUT2D eigenvalue weighted by molar-refractivity contribution is 1.17. The van der Waals surface area contributed by atoms with E-state index in [-0.39, 0.29) is 0 Å². The summed E-state index contributed by atoms with van der Waals surface area (Å²) in [7, 11) is 0. The van der Waals surface area contributed by atoms with Crippen molar-refractivity contribution in [2.24, 2.45) is 0 Å². The van der Waals surface area contributed by atoms with E-state index in [4.69, 9.17) is 0 Å². The molecule has 0 saturated carbocycles. The molecule has 0 bridgehead atoms. The fourth-order valence-corrected chi connectivity index (χ4v) is 2.63. The summed E-state index contributed by atoms with van der Waals surface area (Å²) in [5, 5.41) is 0.775. The first-order valence-corrected chi connectivity index (χ1v) is 8.99. The Morgan fingerprint density at radius 3 is 1.83 bits per heavy atom. The van der Waals surface area contributed by atoms with Crippen molar-refractivity contribution in [1.82, 2.24) is 4.98 Å². The molecule has 3 aromatic rings. The first kappa shape index (κ1) is 16.4. The van der Waals surface area contributed by atoms with E-state index in [0.717, 1.165) is 22.3 Å². The predicted octanol–water partition coefficient (Wildman–Crippen LogP) is 6.32. The van der Waals surface area contributed by atoms with Gasteiger partial charge in [0.1, 0.15) is 0 Å². The van der Waals surface area contributed by atoms with Gasteiger partial charge in [-0.25, -0.2) is 0 Å². The van der Waals surface area contributed by atoms with Crippen LogP contribution in [0.1, 0.15) is 28.1 Å². The summed E-state index contributed by atoms with van der Waals surface area (Å²) in [4.78, 5) is 4.54. The SMILES string of the molecule is BrCc1cccc(C=Cc2ccc(C=Cc3ccccc3)cc2)n1. The lowest BCUT2D eigenvalue weighted by atomic mass is 10.1. The lowest BCUT2D eigenvalue weighted by Gasteiger charge is -1.98. The van der Waals surface area contributed by atoms with Crippen molar-refractivity contribution >= 4 is 40.2 Å².